The normalized spacial score (nSPS) is 24.8. The summed E-state index contributed by atoms with van der Waals surface area (Å²) < 4.78 is 12.9. The number of nitrogens with zero attached hydrogens (tertiary/aromatic N) is 1. The van der Waals surface area contributed by atoms with E-state index in [1.54, 1.807) is 0 Å². The third kappa shape index (κ3) is 2.85. The lowest BCUT2D eigenvalue weighted by Crippen LogP contribution is -2.38. The highest BCUT2D eigenvalue weighted by Gasteiger charge is 2.29. The fraction of sp³-hybridized carbons (Fsp3) is 0.571. The Morgan fingerprint density at radius 2 is 2.00 bits per heavy atom. The van der Waals surface area contributed by atoms with Crippen LogP contribution in [0.25, 0.3) is 0 Å². The Balaban J connectivity index is 2.20. The third-order valence-electron chi connectivity index (χ3n) is 3.56. The molecule has 3 unspecified atom stereocenters. The molecule has 1 aromatic carbocycles. The number of rotatable bonds is 3. The van der Waals surface area contributed by atoms with E-state index in [1.807, 2.05) is 19.1 Å². The van der Waals surface area contributed by atoms with Crippen LogP contribution in [0.2, 0.25) is 0 Å². The average molecular weight is 236 g/mol. The number of benzene rings is 1. The molecule has 3 heteroatoms. The van der Waals surface area contributed by atoms with Crippen molar-refractivity contribution in [3.05, 3.63) is 35.6 Å². The fourth-order valence-corrected chi connectivity index (χ4v) is 2.73. The minimum atomic E-state index is -0.188. The van der Waals surface area contributed by atoms with E-state index < -0.39 is 0 Å². The SMILES string of the molecule is CC1CCN(C(c2ccc(F)cc2)C(C)N)C1. The summed E-state index contributed by atoms with van der Waals surface area (Å²) in [5.74, 6) is 0.545. The maximum Gasteiger partial charge on any atom is 0.123 e. The van der Waals surface area contributed by atoms with E-state index in [0.717, 1.165) is 24.6 Å². The highest BCUT2D eigenvalue weighted by molar-refractivity contribution is 5.21. The van der Waals surface area contributed by atoms with Crippen LogP contribution in [0.15, 0.2) is 24.3 Å². The second-order valence-electron chi connectivity index (χ2n) is 5.24. The molecule has 2 N–H and O–H groups in total. The molecule has 94 valence electrons. The summed E-state index contributed by atoms with van der Waals surface area (Å²) in [7, 11) is 0. The maximum atomic E-state index is 12.9. The minimum absolute atomic E-state index is 0.0609. The maximum absolute atomic E-state index is 12.9. The van der Waals surface area contributed by atoms with Crippen LogP contribution in [0.5, 0.6) is 0 Å². The van der Waals surface area contributed by atoms with Crippen LogP contribution in [0.4, 0.5) is 4.39 Å². The van der Waals surface area contributed by atoms with E-state index in [9.17, 15) is 4.39 Å². The molecule has 0 saturated carbocycles. The fourth-order valence-electron chi connectivity index (χ4n) is 2.73. The molecule has 0 aliphatic carbocycles. The van der Waals surface area contributed by atoms with Crippen molar-refractivity contribution in [3.63, 3.8) is 0 Å². The summed E-state index contributed by atoms with van der Waals surface area (Å²) in [4.78, 5) is 2.42. The number of halogens is 1. The monoisotopic (exact) mass is 236 g/mol. The van der Waals surface area contributed by atoms with Gasteiger partial charge in [0.05, 0.1) is 0 Å². The number of likely N-dealkylation sites (tertiary alicyclic amines) is 1. The molecule has 0 amide bonds. The number of hydrogen-bond acceptors (Lipinski definition) is 2. The van der Waals surface area contributed by atoms with Gasteiger partial charge in [-0.3, -0.25) is 4.90 Å². The third-order valence-corrected chi connectivity index (χ3v) is 3.56. The molecule has 1 aliphatic rings. The molecule has 3 atom stereocenters. The van der Waals surface area contributed by atoms with Gasteiger partial charge >= 0.3 is 0 Å². The Labute approximate surface area is 103 Å². The lowest BCUT2D eigenvalue weighted by atomic mass is 9.99. The summed E-state index contributed by atoms with van der Waals surface area (Å²) >= 11 is 0. The van der Waals surface area contributed by atoms with Gasteiger partial charge in [-0.1, -0.05) is 19.1 Å². The van der Waals surface area contributed by atoms with E-state index in [0.29, 0.717) is 0 Å². The molecule has 0 aromatic heterocycles. The predicted molar refractivity (Wildman–Crippen MR) is 68.1 cm³/mol. The highest BCUT2D eigenvalue weighted by Crippen LogP contribution is 2.29. The van der Waals surface area contributed by atoms with Gasteiger partial charge in [0.15, 0.2) is 0 Å². The van der Waals surface area contributed by atoms with Crippen LogP contribution in [0, 0.1) is 11.7 Å². The average Bonchev–Trinajstić information content (AvgIpc) is 2.68. The van der Waals surface area contributed by atoms with Gasteiger partial charge in [0.2, 0.25) is 0 Å². The highest BCUT2D eigenvalue weighted by atomic mass is 19.1. The summed E-state index contributed by atoms with van der Waals surface area (Å²) in [5, 5.41) is 0. The lowest BCUT2D eigenvalue weighted by Gasteiger charge is -2.31. The molecular formula is C14H21FN2. The zero-order valence-corrected chi connectivity index (χ0v) is 10.6. The molecular weight excluding hydrogens is 215 g/mol. The Bertz CT molecular complexity index is 361. The molecule has 17 heavy (non-hydrogen) atoms. The van der Waals surface area contributed by atoms with Gasteiger partial charge in [-0.25, -0.2) is 4.39 Å². The van der Waals surface area contributed by atoms with Gasteiger partial charge in [0.25, 0.3) is 0 Å². The first-order valence-electron chi connectivity index (χ1n) is 6.33. The second kappa shape index (κ2) is 5.15. The number of nitrogens with two attached hydrogens (primary N) is 1. The van der Waals surface area contributed by atoms with Crippen LogP contribution in [0.3, 0.4) is 0 Å². The summed E-state index contributed by atoms with van der Waals surface area (Å²) in [5.41, 5.74) is 7.22. The van der Waals surface area contributed by atoms with Gasteiger partial charge in [-0.15, -0.1) is 0 Å². The largest absolute Gasteiger partial charge is 0.326 e. The molecule has 0 radical (unpaired) electrons. The van der Waals surface area contributed by atoms with E-state index >= 15 is 0 Å². The van der Waals surface area contributed by atoms with Crippen molar-refractivity contribution in [1.82, 2.24) is 4.90 Å². The van der Waals surface area contributed by atoms with Gasteiger partial charge < -0.3 is 5.73 Å². The Morgan fingerprint density at radius 1 is 1.35 bits per heavy atom. The first-order valence-corrected chi connectivity index (χ1v) is 6.33. The van der Waals surface area contributed by atoms with Crippen LogP contribution in [-0.2, 0) is 0 Å². The van der Waals surface area contributed by atoms with Gasteiger partial charge in [-0.2, -0.15) is 0 Å². The molecule has 0 spiro atoms. The van der Waals surface area contributed by atoms with Crippen LogP contribution in [-0.4, -0.2) is 24.0 Å². The van der Waals surface area contributed by atoms with E-state index in [1.165, 1.54) is 18.6 Å². The van der Waals surface area contributed by atoms with Crippen LogP contribution in [0.1, 0.15) is 31.9 Å². The summed E-state index contributed by atoms with van der Waals surface area (Å²) in [6, 6.07) is 7.01. The molecule has 2 rings (SSSR count). The summed E-state index contributed by atoms with van der Waals surface area (Å²) in [6.45, 7) is 6.47. The predicted octanol–water partition coefficient (Wildman–Crippen LogP) is 2.56. The van der Waals surface area contributed by atoms with Crippen LogP contribution < -0.4 is 5.73 Å². The number of hydrogen-bond donors (Lipinski definition) is 1. The molecule has 1 aliphatic heterocycles. The molecule has 0 bridgehead atoms. The zero-order chi connectivity index (χ0) is 12.4. The van der Waals surface area contributed by atoms with E-state index in [4.69, 9.17) is 5.73 Å². The molecule has 1 heterocycles. The van der Waals surface area contributed by atoms with Crippen molar-refractivity contribution in [2.24, 2.45) is 11.7 Å². The van der Waals surface area contributed by atoms with Gasteiger partial charge in [0, 0.05) is 18.6 Å². The summed E-state index contributed by atoms with van der Waals surface area (Å²) in [6.07, 6.45) is 1.23. The quantitative estimate of drug-likeness (QED) is 0.874. The zero-order valence-electron chi connectivity index (χ0n) is 10.6. The van der Waals surface area contributed by atoms with Crippen LogP contribution >= 0.6 is 0 Å². The Morgan fingerprint density at radius 3 is 2.47 bits per heavy atom. The van der Waals surface area contributed by atoms with Gasteiger partial charge in [-0.05, 0) is 43.5 Å². The Kier molecular flexibility index (Phi) is 3.79. The standard InChI is InChI=1S/C14H21FN2/c1-10-7-8-17(9-10)14(11(2)16)12-3-5-13(15)6-4-12/h3-6,10-11,14H,7-9,16H2,1-2H3. The van der Waals surface area contributed by atoms with Crippen molar-refractivity contribution in [2.75, 3.05) is 13.1 Å². The molecule has 1 fully saturated rings. The van der Waals surface area contributed by atoms with Crippen molar-refractivity contribution in [1.29, 1.82) is 0 Å². The Hall–Kier alpha value is -0.930. The van der Waals surface area contributed by atoms with Crippen molar-refractivity contribution < 1.29 is 4.39 Å². The van der Waals surface area contributed by atoms with Crippen molar-refractivity contribution in [3.8, 4) is 0 Å². The molecule has 1 aromatic rings. The second-order valence-corrected chi connectivity index (χ2v) is 5.24. The first-order chi connectivity index (χ1) is 8.08. The molecule has 1 saturated heterocycles. The van der Waals surface area contributed by atoms with Gasteiger partial charge in [0.1, 0.15) is 5.82 Å². The van der Waals surface area contributed by atoms with Crippen molar-refractivity contribution >= 4 is 0 Å². The topological polar surface area (TPSA) is 29.3 Å². The van der Waals surface area contributed by atoms with E-state index in [-0.39, 0.29) is 17.9 Å². The lowest BCUT2D eigenvalue weighted by molar-refractivity contribution is 0.213. The minimum Gasteiger partial charge on any atom is -0.326 e. The smallest absolute Gasteiger partial charge is 0.123 e. The van der Waals surface area contributed by atoms with E-state index in [2.05, 4.69) is 11.8 Å². The molecule has 2 nitrogen and oxygen atoms in total. The first kappa shape index (κ1) is 12.5. The van der Waals surface area contributed by atoms with Crippen molar-refractivity contribution in [2.45, 2.75) is 32.4 Å².